The Morgan fingerprint density at radius 1 is 1.10 bits per heavy atom. The zero-order valence-electron chi connectivity index (χ0n) is 18.5. The molecular formula is C24H32N2O3S. The summed E-state index contributed by atoms with van der Waals surface area (Å²) < 4.78 is 11.0. The molecule has 2 rings (SSSR count). The molecule has 0 fully saturated rings. The second kappa shape index (κ2) is 11.0. The fraction of sp³-hybridized carbons (Fsp3) is 0.417. The summed E-state index contributed by atoms with van der Waals surface area (Å²) in [6.45, 7) is 9.03. The van der Waals surface area contributed by atoms with E-state index in [1.54, 1.807) is 7.11 Å². The monoisotopic (exact) mass is 428 g/mol. The molecule has 2 N–H and O–H groups in total. The molecule has 0 aliphatic carbocycles. The Kier molecular flexibility index (Phi) is 8.66. The van der Waals surface area contributed by atoms with E-state index in [0.717, 1.165) is 29.0 Å². The van der Waals surface area contributed by atoms with Crippen molar-refractivity contribution in [1.82, 2.24) is 10.6 Å². The van der Waals surface area contributed by atoms with E-state index in [2.05, 4.69) is 22.8 Å². The highest BCUT2D eigenvalue weighted by atomic mass is 32.1. The average molecular weight is 429 g/mol. The molecule has 30 heavy (non-hydrogen) atoms. The molecule has 0 saturated carbocycles. The van der Waals surface area contributed by atoms with Gasteiger partial charge in [0.2, 0.25) is 5.91 Å². The lowest BCUT2D eigenvalue weighted by atomic mass is 9.87. The first kappa shape index (κ1) is 23.7. The largest absolute Gasteiger partial charge is 0.497 e. The molecule has 0 unspecified atom stereocenters. The highest BCUT2D eigenvalue weighted by Gasteiger charge is 2.27. The smallest absolute Gasteiger partial charge is 0.231 e. The zero-order chi connectivity index (χ0) is 22.1. The number of thiocarbonyl (C=S) groups is 1. The van der Waals surface area contributed by atoms with E-state index in [0.29, 0.717) is 24.7 Å². The van der Waals surface area contributed by atoms with E-state index in [-0.39, 0.29) is 5.91 Å². The molecular weight excluding hydrogens is 396 g/mol. The van der Waals surface area contributed by atoms with Crippen LogP contribution in [0, 0.1) is 19.3 Å². The highest BCUT2D eigenvalue weighted by molar-refractivity contribution is 7.80. The quantitative estimate of drug-likeness (QED) is 0.448. The summed E-state index contributed by atoms with van der Waals surface area (Å²) >= 11 is 5.28. The Labute approximate surface area is 185 Å². The van der Waals surface area contributed by atoms with E-state index >= 15 is 0 Å². The molecule has 2 aromatic carbocycles. The summed E-state index contributed by atoms with van der Waals surface area (Å²) in [6.07, 6.45) is 1.48. The third kappa shape index (κ3) is 7.34. The molecule has 1 amide bonds. The first-order valence-corrected chi connectivity index (χ1v) is 10.5. The van der Waals surface area contributed by atoms with Gasteiger partial charge in [0.05, 0.1) is 13.7 Å². The minimum Gasteiger partial charge on any atom is -0.497 e. The van der Waals surface area contributed by atoms with Gasteiger partial charge in [-0.15, -0.1) is 0 Å². The maximum absolute atomic E-state index is 12.6. The van der Waals surface area contributed by atoms with Crippen molar-refractivity contribution >= 4 is 23.2 Å². The van der Waals surface area contributed by atoms with Crippen molar-refractivity contribution in [1.29, 1.82) is 0 Å². The standard InChI is InChI=1S/C24H32N2O3S/c1-17-7-8-18(2)21(15-17)29-14-6-13-24(3,4)22(27)26-23(30)25-16-19-9-11-20(28-5)12-10-19/h7-12,15H,6,13-14,16H2,1-5H3,(H2,25,26,27,30). The van der Waals surface area contributed by atoms with Gasteiger partial charge in [0.25, 0.3) is 0 Å². The van der Waals surface area contributed by atoms with Crippen molar-refractivity contribution in [3.63, 3.8) is 0 Å². The van der Waals surface area contributed by atoms with Crippen LogP contribution < -0.4 is 20.1 Å². The van der Waals surface area contributed by atoms with Crippen LogP contribution in [0.3, 0.4) is 0 Å². The minimum atomic E-state index is -0.545. The van der Waals surface area contributed by atoms with E-state index in [1.807, 2.05) is 58.0 Å². The maximum Gasteiger partial charge on any atom is 0.231 e. The second-order valence-electron chi connectivity index (χ2n) is 8.09. The minimum absolute atomic E-state index is 0.0959. The van der Waals surface area contributed by atoms with Crippen molar-refractivity contribution in [3.05, 3.63) is 59.2 Å². The molecule has 0 spiro atoms. The molecule has 0 radical (unpaired) electrons. The summed E-state index contributed by atoms with van der Waals surface area (Å²) in [5.74, 6) is 1.61. The van der Waals surface area contributed by atoms with Gasteiger partial charge in [0.1, 0.15) is 11.5 Å². The number of nitrogens with one attached hydrogen (secondary N) is 2. The number of hydrogen-bond acceptors (Lipinski definition) is 4. The molecule has 6 heteroatoms. The topological polar surface area (TPSA) is 59.6 Å². The zero-order valence-corrected chi connectivity index (χ0v) is 19.3. The van der Waals surface area contributed by atoms with Crippen LogP contribution in [0.4, 0.5) is 0 Å². The van der Waals surface area contributed by atoms with E-state index in [9.17, 15) is 4.79 Å². The molecule has 2 aromatic rings. The molecule has 162 valence electrons. The molecule has 0 atom stereocenters. The Balaban J connectivity index is 1.74. The first-order chi connectivity index (χ1) is 14.2. The van der Waals surface area contributed by atoms with Gasteiger partial charge in [0.15, 0.2) is 5.11 Å². The average Bonchev–Trinajstić information content (AvgIpc) is 2.72. The van der Waals surface area contributed by atoms with Crippen LogP contribution >= 0.6 is 12.2 Å². The lowest BCUT2D eigenvalue weighted by molar-refractivity contribution is -0.128. The number of aryl methyl sites for hydroxylation is 2. The van der Waals surface area contributed by atoms with Crippen LogP contribution in [0.2, 0.25) is 0 Å². The number of carbonyl (C=O) groups excluding carboxylic acids is 1. The Hall–Kier alpha value is -2.60. The van der Waals surface area contributed by atoms with E-state index in [4.69, 9.17) is 21.7 Å². The Morgan fingerprint density at radius 2 is 1.80 bits per heavy atom. The predicted octanol–water partition coefficient (Wildman–Crippen LogP) is 4.69. The number of ether oxygens (including phenoxy) is 2. The maximum atomic E-state index is 12.6. The molecule has 0 bridgehead atoms. The molecule has 0 heterocycles. The third-order valence-electron chi connectivity index (χ3n) is 5.00. The van der Waals surface area contributed by atoms with Crippen LogP contribution in [0.1, 0.15) is 43.4 Å². The van der Waals surface area contributed by atoms with Gasteiger partial charge in [-0.25, -0.2) is 0 Å². The summed E-state index contributed by atoms with van der Waals surface area (Å²) in [6, 6.07) is 13.9. The molecule has 0 aromatic heterocycles. The fourth-order valence-corrected chi connectivity index (χ4v) is 3.08. The van der Waals surface area contributed by atoms with Crippen molar-refractivity contribution in [2.45, 2.75) is 47.1 Å². The van der Waals surface area contributed by atoms with Gasteiger partial charge < -0.3 is 20.1 Å². The number of carbonyl (C=O) groups is 1. The van der Waals surface area contributed by atoms with Crippen LogP contribution in [0.15, 0.2) is 42.5 Å². The Morgan fingerprint density at radius 3 is 2.47 bits per heavy atom. The number of amides is 1. The van der Waals surface area contributed by atoms with Gasteiger partial charge >= 0.3 is 0 Å². The van der Waals surface area contributed by atoms with E-state index in [1.165, 1.54) is 5.56 Å². The van der Waals surface area contributed by atoms with Crippen molar-refractivity contribution in [3.8, 4) is 11.5 Å². The summed E-state index contributed by atoms with van der Waals surface area (Å²) in [5.41, 5.74) is 2.80. The van der Waals surface area contributed by atoms with Gasteiger partial charge in [-0.05, 0) is 73.8 Å². The van der Waals surface area contributed by atoms with Crippen LogP contribution in [-0.4, -0.2) is 24.7 Å². The summed E-state index contributed by atoms with van der Waals surface area (Å²) in [7, 11) is 1.63. The molecule has 0 aliphatic heterocycles. The van der Waals surface area contributed by atoms with Crippen molar-refractivity contribution in [2.24, 2.45) is 5.41 Å². The summed E-state index contributed by atoms with van der Waals surface area (Å²) in [5, 5.41) is 6.21. The SMILES string of the molecule is COc1ccc(CNC(=S)NC(=O)C(C)(C)CCCOc2cc(C)ccc2C)cc1. The van der Waals surface area contributed by atoms with E-state index < -0.39 is 5.41 Å². The van der Waals surface area contributed by atoms with Crippen LogP contribution in [0.25, 0.3) is 0 Å². The number of hydrogen-bond donors (Lipinski definition) is 2. The molecule has 0 aliphatic rings. The number of benzene rings is 2. The normalized spacial score (nSPS) is 11.0. The molecule has 5 nitrogen and oxygen atoms in total. The van der Waals surface area contributed by atoms with Gasteiger partial charge in [0, 0.05) is 12.0 Å². The second-order valence-corrected chi connectivity index (χ2v) is 8.50. The molecule has 0 saturated heterocycles. The van der Waals surface area contributed by atoms with Crippen LogP contribution in [0.5, 0.6) is 11.5 Å². The Bertz CT molecular complexity index is 863. The fourth-order valence-electron chi connectivity index (χ4n) is 2.91. The van der Waals surface area contributed by atoms with Crippen molar-refractivity contribution < 1.29 is 14.3 Å². The first-order valence-electron chi connectivity index (χ1n) is 10.1. The lowest BCUT2D eigenvalue weighted by Gasteiger charge is -2.24. The van der Waals surface area contributed by atoms with Crippen LogP contribution in [-0.2, 0) is 11.3 Å². The third-order valence-corrected chi connectivity index (χ3v) is 5.25. The number of rotatable bonds is 9. The van der Waals surface area contributed by atoms with Gasteiger partial charge in [-0.3, -0.25) is 4.79 Å². The van der Waals surface area contributed by atoms with Gasteiger partial charge in [-0.2, -0.15) is 0 Å². The highest BCUT2D eigenvalue weighted by Crippen LogP contribution is 2.24. The number of methoxy groups -OCH3 is 1. The predicted molar refractivity (Wildman–Crippen MR) is 125 cm³/mol. The summed E-state index contributed by atoms with van der Waals surface area (Å²) in [4.78, 5) is 12.6. The van der Waals surface area contributed by atoms with Gasteiger partial charge in [-0.1, -0.05) is 38.1 Å². The lowest BCUT2D eigenvalue weighted by Crippen LogP contribution is -2.45. The van der Waals surface area contributed by atoms with Crippen molar-refractivity contribution in [2.75, 3.05) is 13.7 Å².